The molecule has 4 rings (SSSR count). The first-order valence-electron chi connectivity index (χ1n) is 9.33. The number of hydrogen-bond acceptors (Lipinski definition) is 5. The number of halogens is 1. The zero-order valence-electron chi connectivity index (χ0n) is 16.1. The van der Waals surface area contributed by atoms with Crippen LogP contribution in [0.3, 0.4) is 0 Å². The molecule has 0 aliphatic carbocycles. The number of pyridine rings is 1. The van der Waals surface area contributed by atoms with Gasteiger partial charge in [-0.15, -0.1) is 0 Å². The van der Waals surface area contributed by atoms with Gasteiger partial charge in [0.05, 0.1) is 4.91 Å². The summed E-state index contributed by atoms with van der Waals surface area (Å²) in [6, 6.07) is 15.0. The van der Waals surface area contributed by atoms with Gasteiger partial charge in [0.1, 0.15) is 5.69 Å². The summed E-state index contributed by atoms with van der Waals surface area (Å²) in [7, 11) is 0. The van der Waals surface area contributed by atoms with Crippen LogP contribution >= 0.6 is 23.4 Å². The van der Waals surface area contributed by atoms with Crippen molar-refractivity contribution in [3.8, 4) is 0 Å². The molecule has 31 heavy (non-hydrogen) atoms. The summed E-state index contributed by atoms with van der Waals surface area (Å²) in [6.45, 7) is 0.0755. The lowest BCUT2D eigenvalue weighted by atomic mass is 10.2. The van der Waals surface area contributed by atoms with Crippen LogP contribution in [0.1, 0.15) is 16.1 Å². The molecule has 1 aromatic heterocycles. The van der Waals surface area contributed by atoms with E-state index < -0.39 is 17.1 Å². The van der Waals surface area contributed by atoms with Gasteiger partial charge in [0.25, 0.3) is 17.1 Å². The fourth-order valence-corrected chi connectivity index (χ4v) is 4.09. The highest BCUT2D eigenvalue weighted by molar-refractivity contribution is 8.18. The van der Waals surface area contributed by atoms with Gasteiger partial charge >= 0.3 is 0 Å². The number of para-hydroxylation sites is 1. The Bertz CT molecular complexity index is 1280. The molecule has 156 valence electrons. The van der Waals surface area contributed by atoms with Crippen molar-refractivity contribution in [2.24, 2.45) is 0 Å². The summed E-state index contributed by atoms with van der Waals surface area (Å²) in [5, 5.41) is 3.29. The van der Waals surface area contributed by atoms with Crippen LogP contribution in [0, 0.1) is 0 Å². The zero-order valence-corrected chi connectivity index (χ0v) is 17.6. The highest BCUT2D eigenvalue weighted by Gasteiger charge is 2.34. The SMILES string of the molecule is O=C(NCCN1C(=O)S/C(=C/c2ccc(Cl)cc2)C1=O)c1cc(=O)c2ccccc2[nH]1. The van der Waals surface area contributed by atoms with Crippen LogP contribution in [0.15, 0.2) is 64.3 Å². The van der Waals surface area contributed by atoms with Crippen molar-refractivity contribution in [2.45, 2.75) is 0 Å². The van der Waals surface area contributed by atoms with Crippen LogP contribution in [0.4, 0.5) is 4.79 Å². The second-order valence-electron chi connectivity index (χ2n) is 6.73. The molecule has 0 bridgehead atoms. The lowest BCUT2D eigenvalue weighted by Gasteiger charge is -2.13. The van der Waals surface area contributed by atoms with Crippen molar-refractivity contribution < 1.29 is 14.4 Å². The number of nitrogens with one attached hydrogen (secondary N) is 2. The monoisotopic (exact) mass is 453 g/mol. The van der Waals surface area contributed by atoms with E-state index >= 15 is 0 Å². The highest BCUT2D eigenvalue weighted by atomic mass is 35.5. The molecule has 0 unspecified atom stereocenters. The molecule has 1 fully saturated rings. The van der Waals surface area contributed by atoms with Crippen molar-refractivity contribution in [3.63, 3.8) is 0 Å². The molecule has 1 aliphatic rings. The maximum Gasteiger partial charge on any atom is 0.293 e. The first-order valence-corrected chi connectivity index (χ1v) is 10.5. The van der Waals surface area contributed by atoms with Crippen LogP contribution in [0.25, 0.3) is 17.0 Å². The number of carbonyl (C=O) groups excluding carboxylic acids is 3. The van der Waals surface area contributed by atoms with Crippen molar-refractivity contribution in [2.75, 3.05) is 13.1 Å². The molecular weight excluding hydrogens is 438 g/mol. The van der Waals surface area contributed by atoms with Gasteiger partial charge < -0.3 is 10.3 Å². The summed E-state index contributed by atoms with van der Waals surface area (Å²) in [5.41, 5.74) is 1.15. The summed E-state index contributed by atoms with van der Waals surface area (Å²) in [4.78, 5) is 53.7. The quantitative estimate of drug-likeness (QED) is 0.574. The van der Waals surface area contributed by atoms with Gasteiger partial charge in [-0.05, 0) is 47.7 Å². The first-order chi connectivity index (χ1) is 14.9. The number of benzene rings is 2. The van der Waals surface area contributed by atoms with Gasteiger partial charge in [-0.2, -0.15) is 0 Å². The molecule has 3 amide bonds. The first kappa shape index (κ1) is 20.9. The second-order valence-corrected chi connectivity index (χ2v) is 8.16. The number of amides is 3. The minimum atomic E-state index is -0.494. The highest BCUT2D eigenvalue weighted by Crippen LogP contribution is 2.32. The molecule has 0 atom stereocenters. The molecule has 2 heterocycles. The molecule has 0 spiro atoms. The lowest BCUT2D eigenvalue weighted by molar-refractivity contribution is -0.122. The summed E-state index contributed by atoms with van der Waals surface area (Å²) >= 11 is 6.70. The number of carbonyl (C=O) groups is 3. The smallest absolute Gasteiger partial charge is 0.293 e. The number of aromatic amines is 1. The minimum absolute atomic E-state index is 0.0200. The predicted molar refractivity (Wildman–Crippen MR) is 121 cm³/mol. The molecule has 2 N–H and O–H groups in total. The molecule has 9 heteroatoms. The Morgan fingerprint density at radius 3 is 2.61 bits per heavy atom. The Morgan fingerprint density at radius 1 is 1.10 bits per heavy atom. The maximum absolute atomic E-state index is 12.6. The largest absolute Gasteiger partial charge is 0.350 e. The number of nitrogens with zero attached hydrogens (tertiary/aromatic N) is 1. The van der Waals surface area contributed by atoms with E-state index in [1.165, 1.54) is 6.07 Å². The van der Waals surface area contributed by atoms with Crippen LogP contribution < -0.4 is 10.7 Å². The Hall–Kier alpha value is -3.36. The molecule has 1 saturated heterocycles. The molecule has 2 aromatic carbocycles. The van der Waals surface area contributed by atoms with Gasteiger partial charge in [-0.3, -0.25) is 24.1 Å². The average molecular weight is 454 g/mol. The normalized spacial score (nSPS) is 15.1. The van der Waals surface area contributed by atoms with Gasteiger partial charge in [0, 0.05) is 35.1 Å². The third kappa shape index (κ3) is 4.55. The van der Waals surface area contributed by atoms with E-state index in [1.807, 2.05) is 0 Å². The number of fused-ring (bicyclic) bond motifs is 1. The number of aromatic nitrogens is 1. The Morgan fingerprint density at radius 2 is 1.84 bits per heavy atom. The second kappa shape index (κ2) is 8.79. The Kier molecular flexibility index (Phi) is 5.92. The van der Waals surface area contributed by atoms with Crippen molar-refractivity contribution in [1.29, 1.82) is 0 Å². The van der Waals surface area contributed by atoms with Crippen molar-refractivity contribution >= 4 is 57.4 Å². The van der Waals surface area contributed by atoms with Crippen LogP contribution in [0.5, 0.6) is 0 Å². The average Bonchev–Trinajstić information content (AvgIpc) is 3.02. The molecule has 0 saturated carbocycles. The van der Waals surface area contributed by atoms with Gasteiger partial charge in [0.15, 0.2) is 5.43 Å². The van der Waals surface area contributed by atoms with E-state index in [4.69, 9.17) is 11.6 Å². The number of thioether (sulfide) groups is 1. The standard InChI is InChI=1S/C22H16ClN3O4S/c23-14-7-5-13(6-8-14)11-19-21(29)26(22(30)31-19)10-9-24-20(28)17-12-18(27)15-3-1-2-4-16(15)25-17/h1-8,11-12H,9-10H2,(H,24,28)(H,25,27)/b19-11+. The van der Waals surface area contributed by atoms with E-state index in [0.717, 1.165) is 22.2 Å². The van der Waals surface area contributed by atoms with Crippen molar-refractivity contribution in [3.05, 3.63) is 86.0 Å². The number of H-pyrrole nitrogens is 1. The maximum atomic E-state index is 12.6. The van der Waals surface area contributed by atoms with Gasteiger partial charge in [0.2, 0.25) is 0 Å². The molecule has 1 aliphatic heterocycles. The Balaban J connectivity index is 1.40. The van der Waals surface area contributed by atoms with E-state index in [2.05, 4.69) is 10.3 Å². The minimum Gasteiger partial charge on any atom is -0.350 e. The number of hydrogen-bond donors (Lipinski definition) is 2. The molecule has 3 aromatic rings. The van der Waals surface area contributed by atoms with Gasteiger partial charge in [-0.1, -0.05) is 35.9 Å². The fraction of sp³-hybridized carbons (Fsp3) is 0.0909. The third-order valence-corrected chi connectivity index (χ3v) is 5.80. The molecule has 0 radical (unpaired) electrons. The molecule has 7 nitrogen and oxygen atoms in total. The summed E-state index contributed by atoms with van der Waals surface area (Å²) < 4.78 is 0. The van der Waals surface area contributed by atoms with E-state index in [1.54, 1.807) is 54.6 Å². The molecular formula is C22H16ClN3O4S. The lowest BCUT2D eigenvalue weighted by Crippen LogP contribution is -2.37. The fourth-order valence-electron chi connectivity index (χ4n) is 3.10. The zero-order chi connectivity index (χ0) is 22.0. The van der Waals surface area contributed by atoms with E-state index in [9.17, 15) is 19.2 Å². The summed E-state index contributed by atoms with van der Waals surface area (Å²) in [5.74, 6) is -0.912. The van der Waals surface area contributed by atoms with Gasteiger partial charge in [-0.25, -0.2) is 0 Å². The van der Waals surface area contributed by atoms with Crippen LogP contribution in [-0.2, 0) is 4.79 Å². The topological polar surface area (TPSA) is 99.3 Å². The number of rotatable bonds is 5. The van der Waals surface area contributed by atoms with Crippen molar-refractivity contribution in [1.82, 2.24) is 15.2 Å². The Labute approximate surface area is 186 Å². The predicted octanol–water partition coefficient (Wildman–Crippen LogP) is 3.65. The van der Waals surface area contributed by atoms with Crippen LogP contribution in [-0.4, -0.2) is 40.0 Å². The summed E-state index contributed by atoms with van der Waals surface area (Å²) in [6.07, 6.45) is 1.62. The number of imide groups is 1. The van der Waals surface area contributed by atoms with E-state index in [-0.39, 0.29) is 24.2 Å². The third-order valence-electron chi connectivity index (χ3n) is 4.64. The van der Waals surface area contributed by atoms with E-state index in [0.29, 0.717) is 20.8 Å². The van der Waals surface area contributed by atoms with Crippen LogP contribution in [0.2, 0.25) is 5.02 Å².